The van der Waals surface area contributed by atoms with Crippen LogP contribution in [0.1, 0.15) is 16.7 Å². The van der Waals surface area contributed by atoms with Gasteiger partial charge in [-0.3, -0.25) is 4.79 Å². The van der Waals surface area contributed by atoms with Gasteiger partial charge in [-0.1, -0.05) is 42.5 Å². The molecule has 33 heavy (non-hydrogen) atoms. The van der Waals surface area contributed by atoms with Crippen LogP contribution in [0.25, 0.3) is 0 Å². The van der Waals surface area contributed by atoms with E-state index in [0.717, 1.165) is 16.7 Å². The van der Waals surface area contributed by atoms with E-state index in [4.69, 9.17) is 9.47 Å². The molecule has 1 amide bonds. The summed E-state index contributed by atoms with van der Waals surface area (Å²) in [4.78, 5) is 13.3. The largest absolute Gasteiger partial charge is 0.495 e. The predicted molar refractivity (Wildman–Crippen MR) is 128 cm³/mol. The first-order valence-corrected chi connectivity index (χ1v) is 11.9. The number of carbonyl (C=O) groups excluding carboxylic acids is 1. The lowest BCUT2D eigenvalue weighted by molar-refractivity contribution is -0.117. The van der Waals surface area contributed by atoms with Crippen molar-refractivity contribution in [3.05, 3.63) is 83.4 Å². The van der Waals surface area contributed by atoms with Crippen molar-refractivity contribution in [2.24, 2.45) is 0 Å². The third kappa shape index (κ3) is 6.12. The Labute approximate surface area is 194 Å². The fourth-order valence-electron chi connectivity index (χ4n) is 3.42. The van der Waals surface area contributed by atoms with Crippen LogP contribution in [0.2, 0.25) is 0 Å². The number of ether oxygens (including phenoxy) is 2. The molecular weight excluding hydrogens is 440 g/mol. The zero-order chi connectivity index (χ0) is 24.0. The highest BCUT2D eigenvalue weighted by atomic mass is 32.2. The van der Waals surface area contributed by atoms with E-state index in [2.05, 4.69) is 10.0 Å². The predicted octanol–water partition coefficient (Wildman–Crippen LogP) is 3.85. The minimum atomic E-state index is -4.07. The van der Waals surface area contributed by atoms with Crippen molar-refractivity contribution in [3.8, 4) is 11.5 Å². The van der Waals surface area contributed by atoms with Crippen molar-refractivity contribution in [2.75, 3.05) is 19.5 Å². The number of sulfonamides is 1. The second-order valence-corrected chi connectivity index (χ2v) is 9.39. The highest BCUT2D eigenvalue weighted by Crippen LogP contribution is 2.27. The van der Waals surface area contributed by atoms with Crippen molar-refractivity contribution < 1.29 is 22.7 Å². The van der Waals surface area contributed by atoms with Gasteiger partial charge in [-0.25, -0.2) is 8.42 Å². The molecule has 0 aliphatic rings. The van der Waals surface area contributed by atoms with Crippen LogP contribution in [-0.4, -0.2) is 34.6 Å². The fourth-order valence-corrected chi connectivity index (χ4v) is 4.87. The smallest absolute Gasteiger partial charge is 0.245 e. The Hall–Kier alpha value is -3.36. The Morgan fingerprint density at radius 3 is 2.12 bits per heavy atom. The molecule has 3 aromatic carbocycles. The first-order valence-electron chi connectivity index (χ1n) is 10.4. The Morgan fingerprint density at radius 1 is 0.879 bits per heavy atom. The Bertz CT molecular complexity index is 1230. The number of amides is 1. The molecule has 0 fully saturated rings. The van der Waals surface area contributed by atoms with Gasteiger partial charge >= 0.3 is 0 Å². The van der Waals surface area contributed by atoms with Crippen LogP contribution in [0.5, 0.6) is 11.5 Å². The zero-order valence-corrected chi connectivity index (χ0v) is 19.9. The molecule has 0 heterocycles. The van der Waals surface area contributed by atoms with Crippen LogP contribution in [0.4, 0.5) is 5.69 Å². The summed E-state index contributed by atoms with van der Waals surface area (Å²) in [6, 6.07) is 18.4. The molecule has 3 rings (SSSR count). The SMILES string of the molecule is COc1ccc(C)cc1NC(=O)[C@@H](Cc1ccccc1)NS(=O)(=O)c1cc(C)ccc1OC. The van der Waals surface area contributed by atoms with E-state index >= 15 is 0 Å². The van der Waals surface area contributed by atoms with E-state index in [1.54, 1.807) is 31.2 Å². The molecule has 0 aromatic heterocycles. The van der Waals surface area contributed by atoms with Gasteiger partial charge < -0.3 is 14.8 Å². The standard InChI is InChI=1S/C25H28N2O5S/c1-17-10-12-22(31-3)20(14-17)26-25(28)21(16-19-8-6-5-7-9-19)27-33(29,30)24-15-18(2)11-13-23(24)32-4/h5-15,21,27H,16H2,1-4H3,(H,26,28)/t21-/m1/s1. The minimum absolute atomic E-state index is 0.0241. The maximum atomic E-state index is 13.3. The van der Waals surface area contributed by atoms with Crippen LogP contribution >= 0.6 is 0 Å². The molecular formula is C25H28N2O5S. The average Bonchev–Trinajstić information content (AvgIpc) is 2.79. The summed E-state index contributed by atoms with van der Waals surface area (Å²) in [5.74, 6) is 0.181. The third-order valence-electron chi connectivity index (χ3n) is 5.12. The lowest BCUT2D eigenvalue weighted by atomic mass is 10.1. The number of aryl methyl sites for hydroxylation is 2. The molecule has 0 radical (unpaired) electrons. The highest BCUT2D eigenvalue weighted by Gasteiger charge is 2.29. The van der Waals surface area contributed by atoms with E-state index in [9.17, 15) is 13.2 Å². The van der Waals surface area contributed by atoms with Gasteiger partial charge in [-0.15, -0.1) is 0 Å². The van der Waals surface area contributed by atoms with Crippen molar-refractivity contribution in [1.29, 1.82) is 0 Å². The fraction of sp³-hybridized carbons (Fsp3) is 0.240. The van der Waals surface area contributed by atoms with Crippen LogP contribution in [0.15, 0.2) is 71.6 Å². The molecule has 0 aliphatic heterocycles. The monoisotopic (exact) mass is 468 g/mol. The molecule has 8 heteroatoms. The van der Waals surface area contributed by atoms with E-state index in [-0.39, 0.29) is 17.1 Å². The second-order valence-electron chi connectivity index (χ2n) is 7.71. The summed E-state index contributed by atoms with van der Waals surface area (Å²) >= 11 is 0. The van der Waals surface area contributed by atoms with Crippen molar-refractivity contribution in [1.82, 2.24) is 4.72 Å². The Balaban J connectivity index is 1.96. The van der Waals surface area contributed by atoms with Gasteiger partial charge in [0.2, 0.25) is 15.9 Å². The van der Waals surface area contributed by atoms with E-state index < -0.39 is 22.0 Å². The van der Waals surface area contributed by atoms with E-state index in [1.807, 2.05) is 43.3 Å². The number of nitrogens with one attached hydrogen (secondary N) is 2. The third-order valence-corrected chi connectivity index (χ3v) is 6.61. The summed E-state index contributed by atoms with van der Waals surface area (Å²) in [5, 5.41) is 2.81. The molecule has 7 nitrogen and oxygen atoms in total. The number of carbonyl (C=O) groups is 1. The number of hydrogen-bond acceptors (Lipinski definition) is 5. The van der Waals surface area contributed by atoms with Crippen molar-refractivity contribution in [2.45, 2.75) is 31.2 Å². The van der Waals surface area contributed by atoms with Gasteiger partial charge in [0, 0.05) is 0 Å². The number of anilines is 1. The lowest BCUT2D eigenvalue weighted by Crippen LogP contribution is -2.45. The Morgan fingerprint density at radius 2 is 1.48 bits per heavy atom. The molecule has 2 N–H and O–H groups in total. The molecule has 3 aromatic rings. The lowest BCUT2D eigenvalue weighted by Gasteiger charge is -2.21. The molecule has 0 aliphatic carbocycles. The summed E-state index contributed by atoms with van der Waals surface area (Å²) < 4.78 is 39.8. The van der Waals surface area contributed by atoms with E-state index in [1.165, 1.54) is 20.3 Å². The van der Waals surface area contributed by atoms with Gasteiger partial charge in [-0.2, -0.15) is 4.72 Å². The number of rotatable bonds is 9. The normalized spacial score (nSPS) is 12.1. The number of benzene rings is 3. The molecule has 0 saturated carbocycles. The molecule has 174 valence electrons. The molecule has 1 atom stereocenters. The summed E-state index contributed by atoms with van der Waals surface area (Å²) in [6.07, 6.45) is 0.161. The van der Waals surface area contributed by atoms with Crippen molar-refractivity contribution in [3.63, 3.8) is 0 Å². The molecule has 0 unspecified atom stereocenters. The highest BCUT2D eigenvalue weighted by molar-refractivity contribution is 7.89. The van der Waals surface area contributed by atoms with Gasteiger partial charge in [0.05, 0.1) is 19.9 Å². The second kappa shape index (κ2) is 10.5. The van der Waals surface area contributed by atoms with Gasteiger partial charge in [0.1, 0.15) is 22.4 Å². The van der Waals surface area contributed by atoms with Crippen LogP contribution in [0, 0.1) is 13.8 Å². The summed E-state index contributed by atoms with van der Waals surface area (Å²) in [5.41, 5.74) is 2.96. The van der Waals surface area contributed by atoms with E-state index in [0.29, 0.717) is 11.4 Å². The van der Waals surface area contributed by atoms with Gasteiger partial charge in [-0.05, 0) is 61.2 Å². The molecule has 0 bridgehead atoms. The number of hydrogen-bond donors (Lipinski definition) is 2. The minimum Gasteiger partial charge on any atom is -0.495 e. The van der Waals surface area contributed by atoms with Crippen molar-refractivity contribution >= 4 is 21.6 Å². The molecule has 0 spiro atoms. The molecule has 0 saturated heterocycles. The van der Waals surface area contributed by atoms with Crippen LogP contribution in [-0.2, 0) is 21.2 Å². The Kier molecular flexibility index (Phi) is 7.73. The first kappa shape index (κ1) is 24.3. The van der Waals surface area contributed by atoms with Crippen LogP contribution in [0.3, 0.4) is 0 Å². The maximum absolute atomic E-state index is 13.3. The van der Waals surface area contributed by atoms with Gasteiger partial charge in [0.15, 0.2) is 0 Å². The maximum Gasteiger partial charge on any atom is 0.245 e. The first-order chi connectivity index (χ1) is 15.7. The topological polar surface area (TPSA) is 93.7 Å². The van der Waals surface area contributed by atoms with Gasteiger partial charge in [0.25, 0.3) is 0 Å². The zero-order valence-electron chi connectivity index (χ0n) is 19.1. The summed E-state index contributed by atoms with van der Waals surface area (Å²) in [6.45, 7) is 3.68. The average molecular weight is 469 g/mol. The van der Waals surface area contributed by atoms with Crippen LogP contribution < -0.4 is 19.5 Å². The quantitative estimate of drug-likeness (QED) is 0.498. The summed E-state index contributed by atoms with van der Waals surface area (Å²) in [7, 11) is -1.16. The number of methoxy groups -OCH3 is 2.